The maximum atomic E-state index is 14.3. The molecule has 0 radical (unpaired) electrons. The standard InChI is InChI=1S/C21H14F4N2O5/c22-17-11-16(31-14-5-1-12(2-6-14)19(28)29)9-10-18(17)27-20(30)26-13-3-7-15(8-4-13)32-21(23,24)25/h1-11H,(H,28,29)(H2,26,27,30). The van der Waals surface area contributed by atoms with Crippen LogP contribution in [0.1, 0.15) is 10.4 Å². The van der Waals surface area contributed by atoms with Crippen LogP contribution < -0.4 is 20.1 Å². The lowest BCUT2D eigenvalue weighted by atomic mass is 10.2. The predicted octanol–water partition coefficient (Wildman–Crippen LogP) is 5.86. The summed E-state index contributed by atoms with van der Waals surface area (Å²) in [6, 6.07) is 12.7. The van der Waals surface area contributed by atoms with E-state index in [4.69, 9.17) is 9.84 Å². The normalized spacial score (nSPS) is 10.9. The number of rotatable bonds is 6. The minimum Gasteiger partial charge on any atom is -0.478 e. The molecule has 3 aromatic carbocycles. The van der Waals surface area contributed by atoms with Crippen LogP contribution >= 0.6 is 0 Å². The lowest BCUT2D eigenvalue weighted by molar-refractivity contribution is -0.274. The second-order valence-corrected chi connectivity index (χ2v) is 6.22. The van der Waals surface area contributed by atoms with Crippen LogP contribution in [0.3, 0.4) is 0 Å². The lowest BCUT2D eigenvalue weighted by Gasteiger charge is -2.12. The lowest BCUT2D eigenvalue weighted by Crippen LogP contribution is -2.20. The Kier molecular flexibility index (Phi) is 6.47. The zero-order chi connectivity index (χ0) is 23.3. The first kappa shape index (κ1) is 22.4. The first-order valence-corrected chi connectivity index (χ1v) is 8.84. The monoisotopic (exact) mass is 450 g/mol. The molecule has 0 unspecified atom stereocenters. The fraction of sp³-hybridized carbons (Fsp3) is 0.0476. The van der Waals surface area contributed by atoms with E-state index in [-0.39, 0.29) is 28.4 Å². The van der Waals surface area contributed by atoms with Crippen molar-refractivity contribution in [3.8, 4) is 17.2 Å². The van der Waals surface area contributed by atoms with Crippen molar-refractivity contribution in [2.45, 2.75) is 6.36 Å². The average Bonchev–Trinajstić information content (AvgIpc) is 2.71. The number of hydrogen-bond donors (Lipinski definition) is 3. The number of carboxylic acid groups (broad SMARTS) is 1. The number of ether oxygens (including phenoxy) is 2. The van der Waals surface area contributed by atoms with Crippen molar-refractivity contribution in [2.24, 2.45) is 0 Å². The molecule has 0 spiro atoms. The summed E-state index contributed by atoms with van der Waals surface area (Å²) in [5, 5.41) is 13.5. The Bertz CT molecular complexity index is 1120. The highest BCUT2D eigenvalue weighted by atomic mass is 19.4. The van der Waals surface area contributed by atoms with Crippen LogP contribution in [-0.4, -0.2) is 23.5 Å². The highest BCUT2D eigenvalue weighted by Crippen LogP contribution is 2.27. The maximum Gasteiger partial charge on any atom is 0.573 e. The summed E-state index contributed by atoms with van der Waals surface area (Å²) in [7, 11) is 0. The predicted molar refractivity (Wildman–Crippen MR) is 106 cm³/mol. The Hall–Kier alpha value is -4.28. The van der Waals surface area contributed by atoms with Gasteiger partial charge in [0, 0.05) is 11.8 Å². The fourth-order valence-electron chi connectivity index (χ4n) is 2.49. The van der Waals surface area contributed by atoms with Crippen LogP contribution in [-0.2, 0) is 0 Å². The van der Waals surface area contributed by atoms with Crippen molar-refractivity contribution in [2.75, 3.05) is 10.6 Å². The molecule has 0 aliphatic heterocycles. The number of urea groups is 1. The fourth-order valence-corrected chi connectivity index (χ4v) is 2.49. The van der Waals surface area contributed by atoms with Crippen LogP contribution in [0.15, 0.2) is 66.7 Å². The van der Waals surface area contributed by atoms with Gasteiger partial charge in [0.25, 0.3) is 0 Å². The number of alkyl halides is 3. The largest absolute Gasteiger partial charge is 0.573 e. The molecule has 2 amide bonds. The Morgan fingerprint density at radius 3 is 1.97 bits per heavy atom. The summed E-state index contributed by atoms with van der Waals surface area (Å²) >= 11 is 0. The quantitative estimate of drug-likeness (QED) is 0.409. The molecule has 7 nitrogen and oxygen atoms in total. The minimum absolute atomic E-state index is 0.0663. The molecule has 3 aromatic rings. The van der Waals surface area contributed by atoms with Gasteiger partial charge >= 0.3 is 18.4 Å². The molecule has 0 aliphatic carbocycles. The summed E-state index contributed by atoms with van der Waals surface area (Å²) in [5.74, 6) is -1.97. The van der Waals surface area contributed by atoms with Gasteiger partial charge in [-0.05, 0) is 60.7 Å². The third kappa shape index (κ3) is 6.36. The van der Waals surface area contributed by atoms with Gasteiger partial charge in [-0.15, -0.1) is 13.2 Å². The van der Waals surface area contributed by atoms with Crippen molar-refractivity contribution in [3.63, 3.8) is 0 Å². The van der Waals surface area contributed by atoms with Gasteiger partial charge in [-0.25, -0.2) is 14.0 Å². The van der Waals surface area contributed by atoms with Crippen LogP contribution in [0.4, 0.5) is 33.7 Å². The van der Waals surface area contributed by atoms with E-state index in [1.165, 1.54) is 48.5 Å². The number of carboxylic acids is 1. The summed E-state index contributed by atoms with van der Waals surface area (Å²) in [6.07, 6.45) is -4.83. The van der Waals surface area contributed by atoms with E-state index in [1.54, 1.807) is 0 Å². The van der Waals surface area contributed by atoms with E-state index in [9.17, 15) is 27.2 Å². The number of anilines is 2. The summed E-state index contributed by atoms with van der Waals surface area (Å²) in [4.78, 5) is 22.9. The van der Waals surface area contributed by atoms with E-state index in [2.05, 4.69) is 15.4 Å². The van der Waals surface area contributed by atoms with Crippen LogP contribution in [0.2, 0.25) is 0 Å². The zero-order valence-electron chi connectivity index (χ0n) is 15.9. The molecular weight excluding hydrogens is 436 g/mol. The summed E-state index contributed by atoms with van der Waals surface area (Å²) in [6.45, 7) is 0. The number of nitrogens with one attached hydrogen (secondary N) is 2. The molecule has 0 aromatic heterocycles. The molecule has 0 bridgehead atoms. The molecule has 0 heterocycles. The van der Waals surface area contributed by atoms with Gasteiger partial charge in [-0.1, -0.05) is 0 Å². The first-order valence-electron chi connectivity index (χ1n) is 8.84. The van der Waals surface area contributed by atoms with Gasteiger partial charge in [0.05, 0.1) is 11.3 Å². The number of hydrogen-bond acceptors (Lipinski definition) is 4. The van der Waals surface area contributed by atoms with Crippen molar-refractivity contribution < 1.29 is 41.7 Å². The van der Waals surface area contributed by atoms with Crippen LogP contribution in [0.5, 0.6) is 17.2 Å². The van der Waals surface area contributed by atoms with Crippen LogP contribution in [0.25, 0.3) is 0 Å². The third-order valence-corrected chi connectivity index (χ3v) is 3.87. The van der Waals surface area contributed by atoms with Crippen molar-refractivity contribution in [1.29, 1.82) is 0 Å². The topological polar surface area (TPSA) is 96.9 Å². The minimum atomic E-state index is -4.83. The van der Waals surface area contributed by atoms with Gasteiger partial charge in [0.2, 0.25) is 0 Å². The number of carbonyl (C=O) groups is 2. The maximum absolute atomic E-state index is 14.3. The zero-order valence-corrected chi connectivity index (χ0v) is 15.9. The molecule has 0 saturated heterocycles. The molecule has 0 aliphatic rings. The van der Waals surface area contributed by atoms with E-state index in [0.29, 0.717) is 0 Å². The Labute approximate surface area is 178 Å². The molecule has 0 fully saturated rings. The van der Waals surface area contributed by atoms with E-state index < -0.39 is 29.9 Å². The van der Waals surface area contributed by atoms with Gasteiger partial charge in [-0.2, -0.15) is 0 Å². The smallest absolute Gasteiger partial charge is 0.478 e. The first-order chi connectivity index (χ1) is 15.1. The third-order valence-electron chi connectivity index (χ3n) is 3.87. The highest BCUT2D eigenvalue weighted by Gasteiger charge is 2.30. The highest BCUT2D eigenvalue weighted by molar-refractivity contribution is 5.99. The molecule has 32 heavy (non-hydrogen) atoms. The number of amides is 2. The second kappa shape index (κ2) is 9.25. The molecule has 0 saturated carbocycles. The number of aromatic carboxylic acids is 1. The number of halogens is 4. The Morgan fingerprint density at radius 1 is 0.812 bits per heavy atom. The Balaban J connectivity index is 1.59. The molecule has 3 N–H and O–H groups in total. The van der Waals surface area contributed by atoms with Crippen molar-refractivity contribution in [3.05, 3.63) is 78.1 Å². The van der Waals surface area contributed by atoms with Crippen molar-refractivity contribution in [1.82, 2.24) is 0 Å². The van der Waals surface area contributed by atoms with Gasteiger partial charge in [-0.3, -0.25) is 0 Å². The molecule has 166 valence electrons. The van der Waals surface area contributed by atoms with Crippen LogP contribution in [0, 0.1) is 5.82 Å². The van der Waals surface area contributed by atoms with Crippen molar-refractivity contribution >= 4 is 23.4 Å². The number of benzene rings is 3. The SMILES string of the molecule is O=C(Nc1ccc(OC(F)(F)F)cc1)Nc1ccc(Oc2ccc(C(=O)O)cc2)cc1F. The van der Waals surface area contributed by atoms with Gasteiger partial charge in [0.15, 0.2) is 0 Å². The van der Waals surface area contributed by atoms with Gasteiger partial charge < -0.3 is 25.2 Å². The molecule has 0 atom stereocenters. The summed E-state index contributed by atoms with van der Waals surface area (Å²) in [5.41, 5.74) is 0.0481. The molecule has 3 rings (SSSR count). The number of carbonyl (C=O) groups excluding carboxylic acids is 1. The second-order valence-electron chi connectivity index (χ2n) is 6.22. The van der Waals surface area contributed by atoms with E-state index in [1.807, 2.05) is 0 Å². The summed E-state index contributed by atoms with van der Waals surface area (Å²) < 4.78 is 60.0. The molecule has 11 heteroatoms. The Morgan fingerprint density at radius 2 is 1.41 bits per heavy atom. The molecular formula is C21H14F4N2O5. The van der Waals surface area contributed by atoms with E-state index in [0.717, 1.165) is 18.2 Å². The van der Waals surface area contributed by atoms with Gasteiger partial charge in [0.1, 0.15) is 23.1 Å². The average molecular weight is 450 g/mol. The van der Waals surface area contributed by atoms with E-state index >= 15 is 0 Å².